The Morgan fingerprint density at radius 3 is 1.85 bits per heavy atom. The zero-order valence-corrected chi connectivity index (χ0v) is 30.6. The fourth-order valence-electron chi connectivity index (χ4n) is 8.06. The van der Waals surface area contributed by atoms with Gasteiger partial charge in [-0.1, -0.05) is 158 Å². The fraction of sp³-hybridized carbons (Fsp3) is 0.0385. The zero-order chi connectivity index (χ0) is 35.8. The van der Waals surface area contributed by atoms with Gasteiger partial charge in [-0.3, -0.25) is 0 Å². The summed E-state index contributed by atoms with van der Waals surface area (Å²) in [7, 11) is 0. The topological polar surface area (TPSA) is 3.24 Å². The van der Waals surface area contributed by atoms with Gasteiger partial charge in [0.05, 0.1) is 16.1 Å². The molecule has 0 saturated carbocycles. The second-order valence-corrected chi connectivity index (χ2v) is 15.1. The predicted octanol–water partition coefficient (Wildman–Crippen LogP) is 15.3. The maximum atomic E-state index is 2.49. The summed E-state index contributed by atoms with van der Waals surface area (Å²) in [5.74, 6) is 0. The summed E-state index contributed by atoms with van der Waals surface area (Å²) in [6, 6.07) is 68.7. The molecule has 0 radical (unpaired) electrons. The number of nitrogens with zero attached hydrogens (tertiary/aromatic N) is 1. The molecule has 1 nitrogen and oxygen atoms in total. The molecule has 0 saturated heterocycles. The Bertz CT molecular complexity index is 2870. The van der Waals surface area contributed by atoms with Crippen LogP contribution < -0.4 is 4.90 Å². The van der Waals surface area contributed by atoms with Gasteiger partial charge in [0, 0.05) is 26.7 Å². The normalized spacial score (nSPS) is 12.9. The van der Waals surface area contributed by atoms with Crippen molar-refractivity contribution in [1.29, 1.82) is 0 Å². The van der Waals surface area contributed by atoms with Crippen LogP contribution >= 0.6 is 11.3 Å². The zero-order valence-electron chi connectivity index (χ0n) is 29.8. The highest BCUT2D eigenvalue weighted by atomic mass is 32.1. The lowest BCUT2D eigenvalue weighted by Gasteiger charge is -2.29. The number of allylic oxidation sites excluding steroid dienone is 4. The first kappa shape index (κ1) is 32.2. The molecule has 1 aliphatic carbocycles. The minimum Gasteiger partial charge on any atom is -0.308 e. The second kappa shape index (κ2) is 13.8. The summed E-state index contributed by atoms with van der Waals surface area (Å²) >= 11 is 1.88. The first-order valence-electron chi connectivity index (χ1n) is 18.7. The lowest BCUT2D eigenvalue weighted by atomic mass is 9.89. The molecule has 0 unspecified atom stereocenters. The third kappa shape index (κ3) is 5.91. The first-order valence-corrected chi connectivity index (χ1v) is 19.5. The number of fused-ring (bicyclic) bond motifs is 4. The third-order valence-corrected chi connectivity index (χ3v) is 12.0. The molecule has 0 bridgehead atoms. The quantitative estimate of drug-likeness (QED) is 0.159. The molecular formula is C52H37NS. The highest BCUT2D eigenvalue weighted by Crippen LogP contribution is 2.47. The number of benzene rings is 8. The van der Waals surface area contributed by atoms with Crippen LogP contribution in [0.25, 0.3) is 64.3 Å². The van der Waals surface area contributed by atoms with Gasteiger partial charge in [0.2, 0.25) is 0 Å². The van der Waals surface area contributed by atoms with Gasteiger partial charge >= 0.3 is 0 Å². The van der Waals surface area contributed by atoms with Crippen LogP contribution in [0.2, 0.25) is 0 Å². The minimum absolute atomic E-state index is 0.991. The third-order valence-electron chi connectivity index (χ3n) is 10.8. The standard InChI is InChI=1S/C52H37NS/c1-2-12-36(13-3-1)38-24-27-40(28-25-38)46-18-6-8-21-49(46)53(50-22-11-20-48-47-19-7-9-23-51(47)54-52(48)50)45-32-30-39(31-33-45)42-16-10-17-43(34-42)44-29-26-37-14-4-5-15-41(37)35-44/h1-24,26-27,29-35H,25,28H2. The SMILES string of the molecule is C1=C(c2ccccc2)CCC(c2ccccc2N(c2ccc(-c3cccc(-c4ccc5ccccc5c4)c3)cc2)c2cccc3c2sc2ccccc23)=C1. The van der Waals surface area contributed by atoms with Crippen LogP contribution in [0.3, 0.4) is 0 Å². The lowest BCUT2D eigenvalue weighted by Crippen LogP contribution is -2.12. The maximum absolute atomic E-state index is 2.49. The average molecular weight is 708 g/mol. The van der Waals surface area contributed by atoms with Crippen molar-refractivity contribution >= 4 is 70.5 Å². The largest absolute Gasteiger partial charge is 0.308 e. The number of rotatable bonds is 7. The molecule has 10 rings (SSSR count). The summed E-state index contributed by atoms with van der Waals surface area (Å²) in [5.41, 5.74) is 13.7. The highest BCUT2D eigenvalue weighted by molar-refractivity contribution is 7.26. The molecule has 1 heterocycles. The Hall–Kier alpha value is -6.48. The number of anilines is 3. The van der Waals surface area contributed by atoms with E-state index >= 15 is 0 Å². The smallest absolute Gasteiger partial charge is 0.0640 e. The molecule has 0 N–H and O–H groups in total. The molecule has 0 aliphatic heterocycles. The average Bonchev–Trinajstić information content (AvgIpc) is 3.64. The Kier molecular flexibility index (Phi) is 8.24. The molecule has 1 aromatic heterocycles. The second-order valence-electron chi connectivity index (χ2n) is 14.0. The van der Waals surface area contributed by atoms with Gasteiger partial charge in [-0.15, -0.1) is 11.3 Å². The van der Waals surface area contributed by atoms with Gasteiger partial charge in [-0.25, -0.2) is 0 Å². The molecule has 0 fully saturated rings. The van der Waals surface area contributed by atoms with Crippen molar-refractivity contribution in [1.82, 2.24) is 0 Å². The van der Waals surface area contributed by atoms with Gasteiger partial charge in [-0.05, 0) is 105 Å². The van der Waals surface area contributed by atoms with Crippen molar-refractivity contribution in [2.75, 3.05) is 4.90 Å². The van der Waals surface area contributed by atoms with E-state index in [0.29, 0.717) is 0 Å². The van der Waals surface area contributed by atoms with Crippen LogP contribution in [0.1, 0.15) is 24.0 Å². The van der Waals surface area contributed by atoms with E-state index in [1.165, 1.54) is 86.8 Å². The molecule has 256 valence electrons. The fourth-order valence-corrected chi connectivity index (χ4v) is 9.27. The van der Waals surface area contributed by atoms with Crippen molar-refractivity contribution in [2.45, 2.75) is 12.8 Å². The number of hydrogen-bond donors (Lipinski definition) is 0. The molecule has 0 atom stereocenters. The van der Waals surface area contributed by atoms with Crippen LogP contribution in [0, 0.1) is 0 Å². The Balaban J connectivity index is 1.08. The summed E-state index contributed by atoms with van der Waals surface area (Å²) in [4.78, 5) is 2.49. The van der Waals surface area contributed by atoms with E-state index in [0.717, 1.165) is 18.5 Å². The highest BCUT2D eigenvalue weighted by Gasteiger charge is 2.22. The Morgan fingerprint density at radius 1 is 0.389 bits per heavy atom. The van der Waals surface area contributed by atoms with Crippen LogP contribution in [-0.4, -0.2) is 0 Å². The summed E-state index contributed by atoms with van der Waals surface area (Å²) in [5, 5.41) is 5.13. The van der Waals surface area contributed by atoms with Gasteiger partial charge in [-0.2, -0.15) is 0 Å². The van der Waals surface area contributed by atoms with Crippen molar-refractivity contribution in [2.24, 2.45) is 0 Å². The van der Waals surface area contributed by atoms with E-state index in [9.17, 15) is 0 Å². The van der Waals surface area contributed by atoms with Crippen LogP contribution in [-0.2, 0) is 0 Å². The summed E-state index contributed by atoms with van der Waals surface area (Å²) < 4.78 is 2.60. The van der Waals surface area contributed by atoms with E-state index in [2.05, 4.69) is 205 Å². The Labute approximate surface area is 320 Å². The lowest BCUT2D eigenvalue weighted by molar-refractivity contribution is 1.07. The maximum Gasteiger partial charge on any atom is 0.0640 e. The van der Waals surface area contributed by atoms with Gasteiger partial charge in [0.1, 0.15) is 0 Å². The molecular weight excluding hydrogens is 671 g/mol. The molecule has 54 heavy (non-hydrogen) atoms. The molecule has 0 amide bonds. The van der Waals surface area contributed by atoms with Crippen molar-refractivity contribution in [3.63, 3.8) is 0 Å². The predicted molar refractivity (Wildman–Crippen MR) is 234 cm³/mol. The van der Waals surface area contributed by atoms with Crippen molar-refractivity contribution < 1.29 is 0 Å². The van der Waals surface area contributed by atoms with Crippen LogP contribution in [0.4, 0.5) is 17.1 Å². The van der Waals surface area contributed by atoms with E-state index in [1.54, 1.807) is 0 Å². The molecule has 0 spiro atoms. The minimum atomic E-state index is 0.991. The summed E-state index contributed by atoms with van der Waals surface area (Å²) in [6.45, 7) is 0. The van der Waals surface area contributed by atoms with Crippen LogP contribution in [0.15, 0.2) is 200 Å². The first-order chi connectivity index (χ1) is 26.8. The molecule has 1 aliphatic rings. The summed E-state index contributed by atoms with van der Waals surface area (Å²) in [6.07, 6.45) is 6.67. The molecule has 9 aromatic rings. The van der Waals surface area contributed by atoms with E-state index in [-0.39, 0.29) is 0 Å². The van der Waals surface area contributed by atoms with Gasteiger partial charge in [0.25, 0.3) is 0 Å². The van der Waals surface area contributed by atoms with Gasteiger partial charge in [0.15, 0.2) is 0 Å². The van der Waals surface area contributed by atoms with E-state index in [4.69, 9.17) is 0 Å². The number of thiophene rings is 1. The number of para-hydroxylation sites is 1. The van der Waals surface area contributed by atoms with E-state index in [1.807, 2.05) is 11.3 Å². The number of hydrogen-bond acceptors (Lipinski definition) is 2. The van der Waals surface area contributed by atoms with Crippen molar-refractivity contribution in [3.05, 3.63) is 211 Å². The monoisotopic (exact) mass is 707 g/mol. The van der Waals surface area contributed by atoms with Gasteiger partial charge < -0.3 is 4.90 Å². The van der Waals surface area contributed by atoms with Crippen LogP contribution in [0.5, 0.6) is 0 Å². The molecule has 2 heteroatoms. The van der Waals surface area contributed by atoms with E-state index < -0.39 is 0 Å². The van der Waals surface area contributed by atoms with Crippen molar-refractivity contribution in [3.8, 4) is 22.3 Å². The molecule has 8 aromatic carbocycles. The Morgan fingerprint density at radius 2 is 1.00 bits per heavy atom.